The summed E-state index contributed by atoms with van der Waals surface area (Å²) in [5.41, 5.74) is 0.912. The Bertz CT molecular complexity index is 348. The highest BCUT2D eigenvalue weighted by molar-refractivity contribution is 6.67. The van der Waals surface area contributed by atoms with Crippen LogP contribution in [0.15, 0.2) is 10.5 Å². The number of aliphatic hydroxyl groups is 1. The summed E-state index contributed by atoms with van der Waals surface area (Å²) < 4.78 is 5.18. The fourth-order valence-corrected chi connectivity index (χ4v) is 1.41. The van der Waals surface area contributed by atoms with E-state index >= 15 is 0 Å². The molecule has 5 heteroatoms. The summed E-state index contributed by atoms with van der Waals surface area (Å²) in [6.45, 7) is 3.09. The lowest BCUT2D eigenvalue weighted by molar-refractivity contribution is 0.105. The molecule has 15 heavy (non-hydrogen) atoms. The average Bonchev–Trinajstić information content (AvgIpc) is 2.48. The number of halogens is 1. The topological polar surface area (TPSA) is 53.7 Å². The minimum absolute atomic E-state index is 0.106. The summed E-state index contributed by atoms with van der Waals surface area (Å²) in [6, 6.07) is 1.64. The van der Waals surface area contributed by atoms with Crippen molar-refractivity contribution in [2.24, 2.45) is 0 Å². The molecule has 84 valence electrons. The number of aliphatic hydroxyl groups excluding tert-OH is 1. The number of rotatable bonds is 5. The lowest BCUT2D eigenvalue weighted by Crippen LogP contribution is -2.21. The van der Waals surface area contributed by atoms with Gasteiger partial charge in [0.1, 0.15) is 5.76 Å². The summed E-state index contributed by atoms with van der Waals surface area (Å²) in [6.07, 6.45) is 0. The fourth-order valence-electron chi connectivity index (χ4n) is 1.31. The van der Waals surface area contributed by atoms with Crippen molar-refractivity contribution in [2.45, 2.75) is 13.5 Å². The molecule has 0 unspecified atom stereocenters. The van der Waals surface area contributed by atoms with E-state index in [1.807, 2.05) is 11.9 Å². The number of carbonyl (C=O) groups excluding carboxylic acids is 1. The second-order valence-corrected chi connectivity index (χ2v) is 3.77. The predicted octanol–water partition coefficient (Wildman–Crippen LogP) is 1.39. The Labute approximate surface area is 93.4 Å². The third-order valence-electron chi connectivity index (χ3n) is 2.14. The molecule has 0 saturated carbocycles. The molecule has 1 rings (SSSR count). The molecule has 0 amide bonds. The summed E-state index contributed by atoms with van der Waals surface area (Å²) in [7, 11) is 1.88. The second kappa shape index (κ2) is 5.30. The van der Waals surface area contributed by atoms with Gasteiger partial charge in [-0.1, -0.05) is 0 Å². The lowest BCUT2D eigenvalue weighted by Gasteiger charge is -2.13. The van der Waals surface area contributed by atoms with Crippen molar-refractivity contribution in [3.8, 4) is 0 Å². The van der Waals surface area contributed by atoms with Crippen molar-refractivity contribution in [1.29, 1.82) is 0 Å². The molecular weight excluding hydrogens is 218 g/mol. The normalized spacial score (nSPS) is 11.0. The van der Waals surface area contributed by atoms with Crippen molar-refractivity contribution in [3.63, 3.8) is 0 Å². The molecule has 1 aromatic rings. The highest BCUT2D eigenvalue weighted by Crippen LogP contribution is 2.17. The van der Waals surface area contributed by atoms with Crippen LogP contribution in [0.25, 0.3) is 0 Å². The van der Waals surface area contributed by atoms with E-state index in [-0.39, 0.29) is 12.4 Å². The second-order valence-electron chi connectivity index (χ2n) is 3.43. The Kier molecular flexibility index (Phi) is 4.32. The number of carbonyl (C=O) groups is 1. The molecule has 0 fully saturated rings. The van der Waals surface area contributed by atoms with Gasteiger partial charge < -0.3 is 9.52 Å². The van der Waals surface area contributed by atoms with Gasteiger partial charge in [0.2, 0.25) is 0 Å². The number of hydrogen-bond acceptors (Lipinski definition) is 4. The van der Waals surface area contributed by atoms with Crippen molar-refractivity contribution >= 4 is 16.8 Å². The van der Waals surface area contributed by atoms with Crippen LogP contribution in [0.4, 0.5) is 0 Å². The van der Waals surface area contributed by atoms with E-state index in [1.165, 1.54) is 0 Å². The van der Waals surface area contributed by atoms with Gasteiger partial charge in [0.25, 0.3) is 5.24 Å². The minimum atomic E-state index is -0.589. The number of likely N-dealkylation sites (N-methyl/N-ethyl adjacent to an activating group) is 1. The third-order valence-corrected chi connectivity index (χ3v) is 2.32. The van der Waals surface area contributed by atoms with Crippen molar-refractivity contribution in [1.82, 2.24) is 4.90 Å². The first kappa shape index (κ1) is 12.2. The minimum Gasteiger partial charge on any atom is -0.457 e. The summed E-state index contributed by atoms with van der Waals surface area (Å²) in [5.74, 6) is 0.852. The standard InChI is InChI=1S/C10H14ClNO3/c1-7-8(6-12(2)3-4-13)5-9(15-7)10(11)14/h5,13H,3-4,6H2,1-2H3. The molecule has 0 aliphatic carbocycles. The zero-order valence-electron chi connectivity index (χ0n) is 8.79. The van der Waals surface area contributed by atoms with Crippen LogP contribution < -0.4 is 0 Å². The smallest absolute Gasteiger partial charge is 0.287 e. The van der Waals surface area contributed by atoms with Gasteiger partial charge in [-0.05, 0) is 31.6 Å². The molecule has 1 heterocycles. The Balaban J connectivity index is 2.72. The van der Waals surface area contributed by atoms with Crippen LogP contribution in [0, 0.1) is 6.92 Å². The van der Waals surface area contributed by atoms with E-state index in [1.54, 1.807) is 13.0 Å². The number of hydrogen-bond donors (Lipinski definition) is 1. The first-order chi connectivity index (χ1) is 7.04. The summed E-state index contributed by atoms with van der Waals surface area (Å²) in [5, 5.41) is 8.15. The maximum absolute atomic E-state index is 10.8. The zero-order valence-corrected chi connectivity index (χ0v) is 9.54. The van der Waals surface area contributed by atoms with E-state index in [2.05, 4.69) is 0 Å². The Morgan fingerprint density at radius 3 is 2.80 bits per heavy atom. The lowest BCUT2D eigenvalue weighted by atomic mass is 10.2. The largest absolute Gasteiger partial charge is 0.457 e. The Morgan fingerprint density at radius 2 is 2.33 bits per heavy atom. The van der Waals surface area contributed by atoms with Crippen LogP contribution in [0.2, 0.25) is 0 Å². The molecule has 0 aliphatic rings. The third kappa shape index (κ3) is 3.34. The van der Waals surface area contributed by atoms with E-state index < -0.39 is 5.24 Å². The molecule has 0 aromatic carbocycles. The van der Waals surface area contributed by atoms with Crippen LogP contribution in [0.5, 0.6) is 0 Å². The quantitative estimate of drug-likeness (QED) is 0.779. The first-order valence-electron chi connectivity index (χ1n) is 4.63. The van der Waals surface area contributed by atoms with E-state index in [0.29, 0.717) is 18.8 Å². The molecule has 1 aromatic heterocycles. The average molecular weight is 232 g/mol. The van der Waals surface area contributed by atoms with Gasteiger partial charge >= 0.3 is 0 Å². The monoisotopic (exact) mass is 231 g/mol. The molecule has 4 nitrogen and oxygen atoms in total. The fraction of sp³-hybridized carbons (Fsp3) is 0.500. The Hall–Kier alpha value is -0.840. The zero-order chi connectivity index (χ0) is 11.4. The number of aryl methyl sites for hydroxylation is 1. The Morgan fingerprint density at radius 1 is 1.67 bits per heavy atom. The van der Waals surface area contributed by atoms with Crippen LogP contribution in [0.1, 0.15) is 21.9 Å². The van der Waals surface area contributed by atoms with E-state index in [0.717, 1.165) is 5.56 Å². The molecule has 0 spiro atoms. The van der Waals surface area contributed by atoms with E-state index in [4.69, 9.17) is 21.1 Å². The predicted molar refractivity (Wildman–Crippen MR) is 57.0 cm³/mol. The van der Waals surface area contributed by atoms with Gasteiger partial charge in [0.05, 0.1) is 6.61 Å². The van der Waals surface area contributed by atoms with Crippen LogP contribution in [0.3, 0.4) is 0 Å². The maximum atomic E-state index is 10.8. The van der Waals surface area contributed by atoms with Gasteiger partial charge in [-0.2, -0.15) is 0 Å². The molecule has 0 saturated heterocycles. The van der Waals surface area contributed by atoms with E-state index in [9.17, 15) is 4.79 Å². The van der Waals surface area contributed by atoms with Crippen LogP contribution in [-0.2, 0) is 6.54 Å². The molecule has 0 radical (unpaired) electrons. The van der Waals surface area contributed by atoms with Gasteiger partial charge in [0.15, 0.2) is 5.76 Å². The number of furan rings is 1. The molecule has 0 bridgehead atoms. The van der Waals surface area contributed by atoms with Crippen molar-refractivity contribution in [3.05, 3.63) is 23.2 Å². The van der Waals surface area contributed by atoms with Gasteiger partial charge in [0, 0.05) is 18.7 Å². The van der Waals surface area contributed by atoms with Crippen LogP contribution in [-0.4, -0.2) is 35.4 Å². The van der Waals surface area contributed by atoms with Gasteiger partial charge in [-0.15, -0.1) is 0 Å². The number of nitrogens with zero attached hydrogens (tertiary/aromatic N) is 1. The van der Waals surface area contributed by atoms with Crippen molar-refractivity contribution in [2.75, 3.05) is 20.2 Å². The van der Waals surface area contributed by atoms with Gasteiger partial charge in [-0.3, -0.25) is 9.69 Å². The highest BCUT2D eigenvalue weighted by Gasteiger charge is 2.13. The van der Waals surface area contributed by atoms with Crippen molar-refractivity contribution < 1.29 is 14.3 Å². The van der Waals surface area contributed by atoms with Crippen LogP contribution >= 0.6 is 11.6 Å². The SMILES string of the molecule is Cc1oc(C(=O)Cl)cc1CN(C)CCO. The first-order valence-corrected chi connectivity index (χ1v) is 5.01. The maximum Gasteiger partial charge on any atom is 0.287 e. The molecule has 0 aliphatic heterocycles. The highest BCUT2D eigenvalue weighted by atomic mass is 35.5. The summed E-state index contributed by atoms with van der Waals surface area (Å²) >= 11 is 5.30. The molecule has 1 N–H and O–H groups in total. The molecular formula is C10H14ClNO3. The molecule has 0 atom stereocenters. The van der Waals surface area contributed by atoms with Gasteiger partial charge in [-0.25, -0.2) is 0 Å². The summed E-state index contributed by atoms with van der Waals surface area (Å²) in [4.78, 5) is 12.8.